The van der Waals surface area contributed by atoms with Crippen LogP contribution in [0.5, 0.6) is 11.5 Å². The number of methoxy groups -OCH3 is 2. The Kier molecular flexibility index (Phi) is 8.35. The summed E-state index contributed by atoms with van der Waals surface area (Å²) in [5.41, 5.74) is 3.66. The number of aryl methyl sites for hydroxylation is 1. The number of fused-ring (bicyclic) bond motifs is 1. The number of nitrogens with zero attached hydrogens (tertiary/aromatic N) is 2. The number of hydrogen-bond donors (Lipinski definition) is 1. The van der Waals surface area contributed by atoms with Gasteiger partial charge in [0.25, 0.3) is 11.5 Å². The molecule has 5 rings (SSSR count). The maximum atomic E-state index is 13.7. The first kappa shape index (κ1) is 28.6. The molecule has 4 aromatic rings. The topological polar surface area (TPSA) is 108 Å². The quantitative estimate of drug-likeness (QED) is 0.317. The van der Waals surface area contributed by atoms with E-state index in [-0.39, 0.29) is 18.1 Å². The molecule has 1 N–H and O–H groups in total. The first-order chi connectivity index (χ1) is 20.3. The standard InChI is InChI=1S/C32H29N3O6S/c1-19-10-8-9-13-23(19)34-27(36)18-41-24-15-14-21(16-25(24)39-3)17-26-30(37)35-29(22-11-6-5-7-12-22)28(31(38)40-4)20(2)33-32(35)42-26/h5-17,29H,18H2,1-4H3,(H,34,36). The van der Waals surface area contributed by atoms with E-state index in [0.29, 0.717) is 37.7 Å². The minimum atomic E-state index is -0.673. The molecule has 0 spiro atoms. The smallest absolute Gasteiger partial charge is 0.338 e. The maximum absolute atomic E-state index is 13.7. The maximum Gasteiger partial charge on any atom is 0.338 e. The molecule has 0 saturated carbocycles. The van der Waals surface area contributed by atoms with Crippen LogP contribution in [0.4, 0.5) is 5.69 Å². The van der Waals surface area contributed by atoms with Crippen LogP contribution < -0.4 is 29.7 Å². The zero-order chi connectivity index (χ0) is 29.8. The van der Waals surface area contributed by atoms with Gasteiger partial charge in [-0.25, -0.2) is 9.79 Å². The molecule has 1 aliphatic rings. The van der Waals surface area contributed by atoms with Gasteiger partial charge in [-0.05, 0) is 54.8 Å². The normalized spacial score (nSPS) is 14.6. The summed E-state index contributed by atoms with van der Waals surface area (Å²) < 4.78 is 18.3. The molecule has 1 unspecified atom stereocenters. The Morgan fingerprint density at radius 2 is 1.74 bits per heavy atom. The van der Waals surface area contributed by atoms with E-state index < -0.39 is 12.0 Å². The molecular formula is C32H29N3O6S. The lowest BCUT2D eigenvalue weighted by Crippen LogP contribution is -2.39. The summed E-state index contributed by atoms with van der Waals surface area (Å²) in [5.74, 6) is -0.0388. The second kappa shape index (κ2) is 12.3. The molecule has 10 heteroatoms. The molecular weight excluding hydrogens is 554 g/mol. The van der Waals surface area contributed by atoms with Crippen LogP contribution in [0.1, 0.15) is 29.7 Å². The minimum Gasteiger partial charge on any atom is -0.493 e. The van der Waals surface area contributed by atoms with Crippen LogP contribution >= 0.6 is 11.3 Å². The number of nitrogens with one attached hydrogen (secondary N) is 1. The van der Waals surface area contributed by atoms with Crippen LogP contribution in [0.25, 0.3) is 6.08 Å². The number of benzene rings is 3. The Hall–Kier alpha value is -4.96. The predicted molar refractivity (Wildman–Crippen MR) is 161 cm³/mol. The summed E-state index contributed by atoms with van der Waals surface area (Å²) in [6.45, 7) is 3.45. The molecule has 1 atom stereocenters. The van der Waals surface area contributed by atoms with Gasteiger partial charge in [0.1, 0.15) is 0 Å². The number of thiazole rings is 1. The van der Waals surface area contributed by atoms with E-state index in [1.807, 2.05) is 61.5 Å². The summed E-state index contributed by atoms with van der Waals surface area (Å²) in [6.07, 6.45) is 1.74. The van der Waals surface area contributed by atoms with Gasteiger partial charge in [0.05, 0.1) is 36.1 Å². The number of carbonyl (C=O) groups is 2. The number of para-hydroxylation sites is 1. The lowest BCUT2D eigenvalue weighted by Gasteiger charge is -2.24. The number of carbonyl (C=O) groups excluding carboxylic acids is 2. The third-order valence-electron chi connectivity index (χ3n) is 6.81. The lowest BCUT2D eigenvalue weighted by atomic mass is 9.96. The van der Waals surface area contributed by atoms with E-state index in [1.165, 1.54) is 30.1 Å². The first-order valence-electron chi connectivity index (χ1n) is 13.1. The molecule has 0 radical (unpaired) electrons. The number of ether oxygens (including phenoxy) is 3. The molecule has 1 amide bonds. The molecule has 214 valence electrons. The van der Waals surface area contributed by atoms with Crippen LogP contribution in [0, 0.1) is 6.92 Å². The largest absolute Gasteiger partial charge is 0.493 e. The molecule has 0 aliphatic carbocycles. The molecule has 1 aromatic heterocycles. The van der Waals surface area contributed by atoms with Gasteiger partial charge in [-0.2, -0.15) is 0 Å². The van der Waals surface area contributed by atoms with E-state index in [9.17, 15) is 14.4 Å². The van der Waals surface area contributed by atoms with Crippen LogP contribution in [-0.4, -0.2) is 37.3 Å². The van der Waals surface area contributed by atoms with Gasteiger partial charge in [-0.1, -0.05) is 65.9 Å². The molecule has 42 heavy (non-hydrogen) atoms. The van der Waals surface area contributed by atoms with Crippen molar-refractivity contribution in [3.05, 3.63) is 120 Å². The summed E-state index contributed by atoms with van der Waals surface area (Å²) in [5, 5.41) is 2.84. The third-order valence-corrected chi connectivity index (χ3v) is 7.79. The van der Waals surface area contributed by atoms with Gasteiger partial charge in [0.2, 0.25) is 0 Å². The van der Waals surface area contributed by atoms with Crippen molar-refractivity contribution in [2.75, 3.05) is 26.1 Å². The predicted octanol–water partition coefficient (Wildman–Crippen LogP) is 3.74. The van der Waals surface area contributed by atoms with Gasteiger partial charge in [-0.15, -0.1) is 0 Å². The van der Waals surface area contributed by atoms with Crippen LogP contribution in [0.3, 0.4) is 0 Å². The third kappa shape index (κ3) is 5.75. The lowest BCUT2D eigenvalue weighted by molar-refractivity contribution is -0.136. The van der Waals surface area contributed by atoms with Crippen molar-refractivity contribution >= 4 is 35.0 Å². The van der Waals surface area contributed by atoms with Crippen LogP contribution in [-0.2, 0) is 14.3 Å². The number of anilines is 1. The summed E-state index contributed by atoms with van der Waals surface area (Å²) in [4.78, 5) is 44.0. The molecule has 0 bridgehead atoms. The van der Waals surface area contributed by atoms with Crippen molar-refractivity contribution in [1.29, 1.82) is 0 Å². The molecule has 9 nitrogen and oxygen atoms in total. The Morgan fingerprint density at radius 1 is 1.00 bits per heavy atom. The molecule has 3 aromatic carbocycles. The molecule has 0 fully saturated rings. The summed E-state index contributed by atoms with van der Waals surface area (Å²) in [7, 11) is 2.82. The molecule has 1 aliphatic heterocycles. The number of esters is 1. The van der Waals surface area contributed by atoms with Gasteiger partial charge >= 0.3 is 5.97 Å². The van der Waals surface area contributed by atoms with Crippen molar-refractivity contribution in [2.45, 2.75) is 19.9 Å². The number of allylic oxidation sites excluding steroid dienone is 1. The van der Waals surface area contributed by atoms with Gasteiger partial charge in [0, 0.05) is 5.69 Å². The first-order valence-corrected chi connectivity index (χ1v) is 13.9. The Morgan fingerprint density at radius 3 is 2.45 bits per heavy atom. The summed E-state index contributed by atoms with van der Waals surface area (Å²) >= 11 is 1.23. The second-order valence-corrected chi connectivity index (χ2v) is 10.6. The van der Waals surface area contributed by atoms with Crippen LogP contribution in [0.15, 0.2) is 93.9 Å². The molecule has 0 saturated heterocycles. The second-order valence-electron chi connectivity index (χ2n) is 9.55. The summed E-state index contributed by atoms with van der Waals surface area (Å²) in [6, 6.07) is 21.3. The Balaban J connectivity index is 1.45. The monoisotopic (exact) mass is 583 g/mol. The average Bonchev–Trinajstić information content (AvgIpc) is 3.30. The highest BCUT2D eigenvalue weighted by molar-refractivity contribution is 7.07. The van der Waals surface area contributed by atoms with Crippen molar-refractivity contribution < 1.29 is 23.8 Å². The van der Waals surface area contributed by atoms with Gasteiger partial charge in [-0.3, -0.25) is 14.2 Å². The fourth-order valence-corrected chi connectivity index (χ4v) is 5.78. The van der Waals surface area contributed by atoms with E-state index in [1.54, 1.807) is 31.2 Å². The number of rotatable bonds is 8. The number of amides is 1. The fraction of sp³-hybridized carbons (Fsp3) is 0.188. The Labute approximate surface area is 246 Å². The number of hydrogen-bond acceptors (Lipinski definition) is 8. The van der Waals surface area contributed by atoms with Gasteiger partial charge in [0.15, 0.2) is 22.9 Å². The highest BCUT2D eigenvalue weighted by Crippen LogP contribution is 2.31. The van der Waals surface area contributed by atoms with E-state index in [4.69, 9.17) is 14.2 Å². The van der Waals surface area contributed by atoms with Crippen LogP contribution in [0.2, 0.25) is 0 Å². The van der Waals surface area contributed by atoms with Crippen molar-refractivity contribution in [3.63, 3.8) is 0 Å². The average molecular weight is 584 g/mol. The zero-order valence-corrected chi connectivity index (χ0v) is 24.4. The zero-order valence-electron chi connectivity index (χ0n) is 23.5. The number of aromatic nitrogens is 1. The van der Waals surface area contributed by atoms with Crippen molar-refractivity contribution in [2.24, 2.45) is 4.99 Å². The van der Waals surface area contributed by atoms with Gasteiger partial charge < -0.3 is 19.5 Å². The SMILES string of the molecule is COC(=O)C1=C(C)N=c2sc(=Cc3ccc(OCC(=O)Nc4ccccc4C)c(OC)c3)c(=O)n2C1c1ccccc1. The van der Waals surface area contributed by atoms with Crippen molar-refractivity contribution in [1.82, 2.24) is 4.57 Å². The Bertz CT molecular complexity index is 1870. The fourth-order valence-electron chi connectivity index (χ4n) is 4.73. The van der Waals surface area contributed by atoms with E-state index in [2.05, 4.69) is 10.3 Å². The van der Waals surface area contributed by atoms with Crippen molar-refractivity contribution in [3.8, 4) is 11.5 Å². The van der Waals surface area contributed by atoms with E-state index in [0.717, 1.165) is 16.8 Å². The highest BCUT2D eigenvalue weighted by Gasteiger charge is 2.32. The molecule has 2 heterocycles. The minimum absolute atomic E-state index is 0.204. The van der Waals surface area contributed by atoms with E-state index >= 15 is 0 Å². The highest BCUT2D eigenvalue weighted by atomic mass is 32.1.